The van der Waals surface area contributed by atoms with Gasteiger partial charge in [-0.25, -0.2) is 8.78 Å². The lowest BCUT2D eigenvalue weighted by molar-refractivity contribution is 0.507. The molecule has 2 aromatic carbocycles. The highest BCUT2D eigenvalue weighted by atomic mass is 19.2. The summed E-state index contributed by atoms with van der Waals surface area (Å²) in [5, 5.41) is 12.1. The molecule has 0 radical (unpaired) electrons. The van der Waals surface area contributed by atoms with Crippen molar-refractivity contribution in [2.24, 2.45) is 0 Å². The average Bonchev–Trinajstić information content (AvgIpc) is 2.39. The van der Waals surface area contributed by atoms with Crippen molar-refractivity contribution in [1.82, 2.24) is 0 Å². The predicted octanol–water partition coefficient (Wildman–Crippen LogP) is 3.95. The van der Waals surface area contributed by atoms with E-state index in [4.69, 9.17) is 5.26 Å². The van der Waals surface area contributed by atoms with Gasteiger partial charge in [-0.1, -0.05) is 18.2 Å². The van der Waals surface area contributed by atoms with Gasteiger partial charge in [-0.05, 0) is 42.3 Å². The van der Waals surface area contributed by atoms with Gasteiger partial charge in [-0.2, -0.15) is 5.26 Å². The number of aryl methyl sites for hydroxylation is 1. The van der Waals surface area contributed by atoms with Crippen molar-refractivity contribution < 1.29 is 8.78 Å². The van der Waals surface area contributed by atoms with Gasteiger partial charge in [0.2, 0.25) is 0 Å². The quantitative estimate of drug-likeness (QED) is 0.904. The predicted molar refractivity (Wildman–Crippen MR) is 69.5 cm³/mol. The van der Waals surface area contributed by atoms with Crippen LogP contribution < -0.4 is 5.32 Å². The molecule has 4 heteroatoms. The van der Waals surface area contributed by atoms with E-state index in [0.717, 1.165) is 23.4 Å². The lowest BCUT2D eigenvalue weighted by Gasteiger charge is -2.14. The summed E-state index contributed by atoms with van der Waals surface area (Å²) in [5.74, 6) is -1.88. The molecule has 0 aliphatic rings. The zero-order chi connectivity index (χ0) is 13.8. The van der Waals surface area contributed by atoms with Crippen molar-refractivity contribution in [2.45, 2.75) is 13.0 Å². The molecule has 1 N–H and O–H groups in total. The number of hydrogen-bond acceptors (Lipinski definition) is 2. The van der Waals surface area contributed by atoms with Gasteiger partial charge in [0.15, 0.2) is 11.6 Å². The molecule has 0 amide bonds. The number of halogens is 2. The molecular weight excluding hydrogens is 246 g/mol. The molecule has 0 aliphatic heterocycles. The standard InChI is InChI=1S/C15H12F2N2/c1-10-3-2-4-12(7-10)19-15(9-18)11-5-6-13(16)14(17)8-11/h2-8,15,19H,1H3. The summed E-state index contributed by atoms with van der Waals surface area (Å²) in [6.45, 7) is 1.93. The number of rotatable bonds is 3. The molecule has 2 rings (SSSR count). The molecule has 0 fully saturated rings. The third-order valence-electron chi connectivity index (χ3n) is 2.74. The Morgan fingerprint density at radius 3 is 2.53 bits per heavy atom. The minimum atomic E-state index is -0.955. The maximum atomic E-state index is 13.2. The van der Waals surface area contributed by atoms with Crippen LogP contribution in [0, 0.1) is 29.9 Å². The summed E-state index contributed by atoms with van der Waals surface area (Å²) < 4.78 is 26.0. The van der Waals surface area contributed by atoms with E-state index in [-0.39, 0.29) is 0 Å². The third kappa shape index (κ3) is 3.08. The van der Waals surface area contributed by atoms with Crippen LogP contribution >= 0.6 is 0 Å². The normalized spacial score (nSPS) is 11.7. The second-order valence-corrected chi connectivity index (χ2v) is 4.25. The Balaban J connectivity index is 2.25. The van der Waals surface area contributed by atoms with Gasteiger partial charge in [-0.3, -0.25) is 0 Å². The average molecular weight is 258 g/mol. The lowest BCUT2D eigenvalue weighted by Crippen LogP contribution is -2.09. The molecule has 0 heterocycles. The Morgan fingerprint density at radius 2 is 1.89 bits per heavy atom. The molecule has 2 aromatic rings. The molecule has 0 spiro atoms. The highest BCUT2D eigenvalue weighted by molar-refractivity contribution is 5.49. The molecule has 0 aliphatic carbocycles. The first kappa shape index (κ1) is 13.0. The van der Waals surface area contributed by atoms with Crippen LogP contribution in [0.25, 0.3) is 0 Å². The van der Waals surface area contributed by atoms with Crippen molar-refractivity contribution in [2.75, 3.05) is 5.32 Å². The maximum absolute atomic E-state index is 13.2. The van der Waals surface area contributed by atoms with E-state index < -0.39 is 17.7 Å². The van der Waals surface area contributed by atoms with Crippen molar-refractivity contribution in [3.63, 3.8) is 0 Å². The third-order valence-corrected chi connectivity index (χ3v) is 2.74. The fourth-order valence-corrected chi connectivity index (χ4v) is 1.78. The van der Waals surface area contributed by atoms with E-state index in [2.05, 4.69) is 5.32 Å². The van der Waals surface area contributed by atoms with E-state index >= 15 is 0 Å². The number of nitriles is 1. The molecule has 0 saturated carbocycles. The summed E-state index contributed by atoms with van der Waals surface area (Å²) in [6.07, 6.45) is 0. The van der Waals surface area contributed by atoms with Crippen LogP contribution in [0.4, 0.5) is 14.5 Å². The summed E-state index contributed by atoms with van der Waals surface area (Å²) in [6, 6.07) is 12.2. The maximum Gasteiger partial charge on any atom is 0.159 e. The summed E-state index contributed by atoms with van der Waals surface area (Å²) >= 11 is 0. The van der Waals surface area contributed by atoms with Crippen LogP contribution in [0.3, 0.4) is 0 Å². The highest BCUT2D eigenvalue weighted by Gasteiger charge is 2.13. The fourth-order valence-electron chi connectivity index (χ4n) is 1.78. The first-order valence-corrected chi connectivity index (χ1v) is 5.78. The molecule has 1 atom stereocenters. The second kappa shape index (κ2) is 5.49. The zero-order valence-corrected chi connectivity index (χ0v) is 10.3. The SMILES string of the molecule is Cc1cccc(NC(C#N)c2ccc(F)c(F)c2)c1. The monoisotopic (exact) mass is 258 g/mol. The molecule has 19 heavy (non-hydrogen) atoms. The lowest BCUT2D eigenvalue weighted by atomic mass is 10.1. The first-order chi connectivity index (χ1) is 9.10. The van der Waals surface area contributed by atoms with Crippen LogP contribution in [-0.2, 0) is 0 Å². The summed E-state index contributed by atoms with van der Waals surface area (Å²) in [4.78, 5) is 0. The van der Waals surface area contributed by atoms with Gasteiger partial charge < -0.3 is 5.32 Å². The van der Waals surface area contributed by atoms with Gasteiger partial charge in [0.25, 0.3) is 0 Å². The number of benzene rings is 2. The van der Waals surface area contributed by atoms with Crippen molar-refractivity contribution in [3.8, 4) is 6.07 Å². The van der Waals surface area contributed by atoms with E-state index in [1.165, 1.54) is 6.07 Å². The van der Waals surface area contributed by atoms with Crippen LogP contribution in [-0.4, -0.2) is 0 Å². The Bertz CT molecular complexity index is 632. The van der Waals surface area contributed by atoms with E-state index in [1.807, 2.05) is 37.3 Å². The molecular formula is C15H12F2N2. The van der Waals surface area contributed by atoms with Crippen molar-refractivity contribution in [1.29, 1.82) is 5.26 Å². The number of anilines is 1. The van der Waals surface area contributed by atoms with Gasteiger partial charge >= 0.3 is 0 Å². The van der Waals surface area contributed by atoms with Gasteiger partial charge in [-0.15, -0.1) is 0 Å². The summed E-state index contributed by atoms with van der Waals surface area (Å²) in [7, 11) is 0. The van der Waals surface area contributed by atoms with Crippen LogP contribution in [0.2, 0.25) is 0 Å². The van der Waals surface area contributed by atoms with E-state index in [0.29, 0.717) is 5.56 Å². The molecule has 96 valence electrons. The van der Waals surface area contributed by atoms with Crippen molar-refractivity contribution in [3.05, 3.63) is 65.2 Å². The second-order valence-electron chi connectivity index (χ2n) is 4.25. The van der Waals surface area contributed by atoms with E-state index in [9.17, 15) is 8.78 Å². The Hall–Kier alpha value is -2.41. The van der Waals surface area contributed by atoms with Crippen LogP contribution in [0.15, 0.2) is 42.5 Å². The largest absolute Gasteiger partial charge is 0.366 e. The topological polar surface area (TPSA) is 35.8 Å². The fraction of sp³-hybridized carbons (Fsp3) is 0.133. The molecule has 0 aromatic heterocycles. The molecule has 0 bridgehead atoms. The molecule has 2 nitrogen and oxygen atoms in total. The Morgan fingerprint density at radius 1 is 1.11 bits per heavy atom. The molecule has 1 unspecified atom stereocenters. The molecule has 0 saturated heterocycles. The Labute approximate surface area is 110 Å². The smallest absolute Gasteiger partial charge is 0.159 e. The summed E-state index contributed by atoms with van der Waals surface area (Å²) in [5.41, 5.74) is 2.20. The van der Waals surface area contributed by atoms with Gasteiger partial charge in [0.05, 0.1) is 6.07 Å². The van der Waals surface area contributed by atoms with Gasteiger partial charge in [0, 0.05) is 5.69 Å². The van der Waals surface area contributed by atoms with E-state index in [1.54, 1.807) is 0 Å². The first-order valence-electron chi connectivity index (χ1n) is 5.78. The van der Waals surface area contributed by atoms with Gasteiger partial charge in [0.1, 0.15) is 6.04 Å². The number of hydrogen-bond donors (Lipinski definition) is 1. The zero-order valence-electron chi connectivity index (χ0n) is 10.3. The minimum Gasteiger partial charge on any atom is -0.366 e. The highest BCUT2D eigenvalue weighted by Crippen LogP contribution is 2.21. The number of nitrogens with one attached hydrogen (secondary N) is 1. The van der Waals surface area contributed by atoms with Crippen molar-refractivity contribution >= 4 is 5.69 Å². The van der Waals surface area contributed by atoms with Crippen LogP contribution in [0.1, 0.15) is 17.2 Å². The Kier molecular flexibility index (Phi) is 3.76. The van der Waals surface area contributed by atoms with Crippen LogP contribution in [0.5, 0.6) is 0 Å². The number of nitrogens with zero attached hydrogens (tertiary/aromatic N) is 1. The minimum absolute atomic E-state index is 0.392.